The number of nitrogens with zero attached hydrogens (tertiary/aromatic N) is 1. The lowest BCUT2D eigenvalue weighted by atomic mass is 9.79. The Labute approximate surface area is 171 Å². The summed E-state index contributed by atoms with van der Waals surface area (Å²) in [4.78, 5) is 14.8. The van der Waals surface area contributed by atoms with Crippen LogP contribution in [-0.2, 0) is 9.53 Å². The van der Waals surface area contributed by atoms with E-state index in [9.17, 15) is 4.79 Å². The molecule has 2 aromatic carbocycles. The molecule has 0 spiro atoms. The highest BCUT2D eigenvalue weighted by Crippen LogP contribution is 2.49. The highest BCUT2D eigenvalue weighted by molar-refractivity contribution is 9.10. The number of para-hydroxylation sites is 1. The van der Waals surface area contributed by atoms with Crippen LogP contribution in [0.3, 0.4) is 0 Å². The number of esters is 1. The second-order valence-corrected chi connectivity index (χ2v) is 7.97. The normalized spacial score (nSPS) is 25.9. The molecule has 0 radical (unpaired) electrons. The number of fused-ring (bicyclic) bond motifs is 4. The van der Waals surface area contributed by atoms with E-state index in [1.54, 1.807) is 6.92 Å². The van der Waals surface area contributed by atoms with Crippen molar-refractivity contribution in [3.8, 4) is 5.75 Å². The predicted octanol–water partition coefficient (Wildman–Crippen LogP) is 4.17. The lowest BCUT2D eigenvalue weighted by Gasteiger charge is -2.55. The minimum atomic E-state index is -1.01. The lowest BCUT2D eigenvalue weighted by Crippen LogP contribution is -2.71. The van der Waals surface area contributed by atoms with Gasteiger partial charge in [-0.25, -0.2) is 0 Å². The van der Waals surface area contributed by atoms with Crippen LogP contribution in [0.2, 0.25) is 0 Å². The predicted molar refractivity (Wildman–Crippen MR) is 111 cm³/mol. The van der Waals surface area contributed by atoms with Crippen LogP contribution in [0.1, 0.15) is 25.5 Å². The Morgan fingerprint density at radius 3 is 2.70 bits per heavy atom. The molecule has 1 saturated heterocycles. The number of nitrogens with one attached hydrogen (secondary N) is 1. The minimum absolute atomic E-state index is 0.307. The van der Waals surface area contributed by atoms with Gasteiger partial charge >= 0.3 is 5.97 Å². The topological polar surface area (TPSA) is 50.8 Å². The second-order valence-electron chi connectivity index (χ2n) is 6.66. The summed E-state index contributed by atoms with van der Waals surface area (Å²) in [5.74, 6) is -0.151. The number of halogens is 1. The van der Waals surface area contributed by atoms with Crippen LogP contribution in [0, 0.1) is 5.92 Å². The van der Waals surface area contributed by atoms with E-state index < -0.39 is 11.6 Å². The van der Waals surface area contributed by atoms with Crippen molar-refractivity contribution in [1.82, 2.24) is 5.32 Å². The van der Waals surface area contributed by atoms with E-state index in [-0.39, 0.29) is 12.0 Å². The Hall–Kier alpha value is -2.12. The van der Waals surface area contributed by atoms with E-state index in [0.29, 0.717) is 11.7 Å². The molecule has 140 valence electrons. The standard InChI is InChI=1S/C20H19BrN2O3S/c1-3-25-18(24)16-17-14-6-4-5-7-15(14)26-20(16,2)23(19(27)22-17)13-10-8-12(21)9-11-13/h4-11,16-17H,3H2,1-2H3,(H,22,27)/t16-,17+,20+/m1/s1. The summed E-state index contributed by atoms with van der Waals surface area (Å²) in [6.07, 6.45) is 0. The molecular formula is C20H19BrN2O3S. The van der Waals surface area contributed by atoms with Gasteiger partial charge < -0.3 is 14.8 Å². The van der Waals surface area contributed by atoms with Gasteiger partial charge in [-0.15, -0.1) is 0 Å². The quantitative estimate of drug-likeness (QED) is 0.563. The summed E-state index contributed by atoms with van der Waals surface area (Å²) in [6.45, 7) is 4.01. The van der Waals surface area contributed by atoms with Crippen LogP contribution >= 0.6 is 28.1 Å². The molecule has 5 nitrogen and oxygen atoms in total. The monoisotopic (exact) mass is 446 g/mol. The van der Waals surface area contributed by atoms with Crippen molar-refractivity contribution in [2.45, 2.75) is 25.6 Å². The summed E-state index contributed by atoms with van der Waals surface area (Å²) < 4.78 is 12.8. The van der Waals surface area contributed by atoms with Crippen molar-refractivity contribution < 1.29 is 14.3 Å². The van der Waals surface area contributed by atoms with E-state index in [4.69, 9.17) is 21.7 Å². The van der Waals surface area contributed by atoms with Gasteiger partial charge in [0.1, 0.15) is 11.7 Å². The van der Waals surface area contributed by atoms with E-state index in [0.717, 1.165) is 21.5 Å². The van der Waals surface area contributed by atoms with Crippen molar-refractivity contribution in [3.63, 3.8) is 0 Å². The van der Waals surface area contributed by atoms with Crippen LogP contribution in [0.4, 0.5) is 5.69 Å². The molecule has 0 unspecified atom stereocenters. The van der Waals surface area contributed by atoms with Crippen molar-refractivity contribution in [2.75, 3.05) is 11.5 Å². The number of thiocarbonyl (C=S) groups is 1. The van der Waals surface area contributed by atoms with Crippen LogP contribution < -0.4 is 15.0 Å². The second kappa shape index (κ2) is 6.80. The molecule has 3 atom stereocenters. The molecule has 2 aliphatic rings. The molecule has 0 amide bonds. The third-order valence-corrected chi connectivity index (χ3v) is 5.86. The maximum atomic E-state index is 12.9. The average molecular weight is 447 g/mol. The van der Waals surface area contributed by atoms with Gasteiger partial charge in [0, 0.05) is 15.7 Å². The van der Waals surface area contributed by atoms with Crippen molar-refractivity contribution in [1.29, 1.82) is 0 Å². The van der Waals surface area contributed by atoms with Gasteiger partial charge in [0.15, 0.2) is 5.11 Å². The SMILES string of the molecule is CCOC(=O)[C@H]1[C@H]2NC(=S)N(c3ccc(Br)cc3)[C@@]1(C)Oc1ccccc12. The maximum Gasteiger partial charge on any atom is 0.317 e. The largest absolute Gasteiger partial charge is 0.466 e. The molecular weight excluding hydrogens is 428 g/mol. The molecule has 2 aliphatic heterocycles. The van der Waals surface area contributed by atoms with Crippen molar-refractivity contribution in [2.24, 2.45) is 5.92 Å². The average Bonchev–Trinajstić information content (AvgIpc) is 2.62. The zero-order chi connectivity index (χ0) is 19.2. The van der Waals surface area contributed by atoms with Crippen LogP contribution in [0.5, 0.6) is 5.75 Å². The number of benzene rings is 2. The Balaban J connectivity index is 1.88. The third kappa shape index (κ3) is 2.89. The maximum absolute atomic E-state index is 12.9. The first-order valence-electron chi connectivity index (χ1n) is 8.76. The smallest absolute Gasteiger partial charge is 0.317 e. The Bertz CT molecular complexity index is 904. The molecule has 0 saturated carbocycles. The van der Waals surface area contributed by atoms with E-state index in [1.807, 2.05) is 60.4 Å². The number of rotatable bonds is 3. The Kier molecular flexibility index (Phi) is 4.60. The van der Waals surface area contributed by atoms with E-state index >= 15 is 0 Å². The molecule has 2 aromatic rings. The van der Waals surface area contributed by atoms with Crippen molar-refractivity contribution in [3.05, 3.63) is 58.6 Å². The zero-order valence-electron chi connectivity index (χ0n) is 14.9. The van der Waals surface area contributed by atoms with Gasteiger partial charge in [0.05, 0.1) is 12.6 Å². The molecule has 2 bridgehead atoms. The minimum Gasteiger partial charge on any atom is -0.466 e. The van der Waals surface area contributed by atoms with Crippen molar-refractivity contribution >= 4 is 44.9 Å². The van der Waals surface area contributed by atoms with Gasteiger partial charge in [0.25, 0.3) is 0 Å². The van der Waals surface area contributed by atoms with Gasteiger partial charge in [0.2, 0.25) is 5.72 Å². The number of carbonyl (C=O) groups excluding carboxylic acids is 1. The number of hydrogen-bond acceptors (Lipinski definition) is 4. The van der Waals surface area contributed by atoms with E-state index in [2.05, 4.69) is 21.2 Å². The zero-order valence-corrected chi connectivity index (χ0v) is 17.3. The molecule has 2 heterocycles. The number of hydrogen-bond donors (Lipinski definition) is 1. The molecule has 0 aromatic heterocycles. The first-order chi connectivity index (χ1) is 13.0. The Morgan fingerprint density at radius 1 is 1.30 bits per heavy atom. The number of ether oxygens (including phenoxy) is 2. The molecule has 7 heteroatoms. The van der Waals surface area contributed by atoms with Gasteiger partial charge in [-0.1, -0.05) is 34.1 Å². The summed E-state index contributed by atoms with van der Waals surface area (Å²) >= 11 is 9.13. The highest BCUT2D eigenvalue weighted by Gasteiger charge is 2.59. The van der Waals surface area contributed by atoms with Gasteiger partial charge in [-0.3, -0.25) is 9.69 Å². The first kappa shape index (κ1) is 18.3. The molecule has 1 N–H and O–H groups in total. The molecule has 4 rings (SSSR count). The first-order valence-corrected chi connectivity index (χ1v) is 9.96. The fourth-order valence-electron chi connectivity index (χ4n) is 3.90. The van der Waals surface area contributed by atoms with Crippen LogP contribution in [0.15, 0.2) is 53.0 Å². The fourth-order valence-corrected chi connectivity index (χ4v) is 4.58. The highest BCUT2D eigenvalue weighted by atomic mass is 79.9. The summed E-state index contributed by atoms with van der Waals surface area (Å²) in [7, 11) is 0. The molecule has 27 heavy (non-hydrogen) atoms. The Morgan fingerprint density at radius 2 is 2.00 bits per heavy atom. The third-order valence-electron chi connectivity index (χ3n) is 5.03. The molecule has 1 fully saturated rings. The van der Waals surface area contributed by atoms with E-state index in [1.165, 1.54) is 0 Å². The lowest BCUT2D eigenvalue weighted by molar-refractivity contribution is -0.159. The van der Waals surface area contributed by atoms with Gasteiger partial charge in [-0.2, -0.15) is 0 Å². The summed E-state index contributed by atoms with van der Waals surface area (Å²) in [5.41, 5.74) is 0.734. The summed E-state index contributed by atoms with van der Waals surface area (Å²) in [5, 5.41) is 3.86. The van der Waals surface area contributed by atoms with Crippen LogP contribution in [0.25, 0.3) is 0 Å². The summed E-state index contributed by atoms with van der Waals surface area (Å²) in [6, 6.07) is 15.2. The number of carbonyl (C=O) groups is 1. The fraction of sp³-hybridized carbons (Fsp3) is 0.300. The number of anilines is 1. The van der Waals surface area contributed by atoms with Gasteiger partial charge in [-0.05, 0) is 56.4 Å². The molecule has 0 aliphatic carbocycles. The van der Waals surface area contributed by atoms with Crippen LogP contribution in [-0.4, -0.2) is 23.4 Å².